The molecule has 0 aliphatic rings. The molecule has 3 N–H and O–H groups in total. The monoisotopic (exact) mass is 219 g/mol. The van der Waals surface area contributed by atoms with Gasteiger partial charge in [-0.2, -0.15) is 11.8 Å². The predicted molar refractivity (Wildman–Crippen MR) is 61.7 cm³/mol. The van der Waals surface area contributed by atoms with Crippen molar-refractivity contribution < 1.29 is 9.90 Å². The Hall–Kier alpha value is -0.220. The van der Waals surface area contributed by atoms with E-state index in [0.29, 0.717) is 6.42 Å². The number of unbranched alkanes of at least 4 members (excludes halogenated alkanes) is 1. The van der Waals surface area contributed by atoms with Crippen LogP contribution in [0.25, 0.3) is 0 Å². The van der Waals surface area contributed by atoms with Gasteiger partial charge in [-0.05, 0) is 37.7 Å². The Kier molecular flexibility index (Phi) is 7.01. The summed E-state index contributed by atoms with van der Waals surface area (Å²) in [4.78, 5) is 10.7. The van der Waals surface area contributed by atoms with Gasteiger partial charge in [0.05, 0.1) is 0 Å². The molecule has 0 rings (SSSR count). The number of thioether (sulfide) groups is 1. The van der Waals surface area contributed by atoms with Crippen molar-refractivity contribution in [3.05, 3.63) is 0 Å². The third-order valence-electron chi connectivity index (χ3n) is 2.07. The summed E-state index contributed by atoms with van der Waals surface area (Å²) < 4.78 is 0. The zero-order valence-corrected chi connectivity index (χ0v) is 9.90. The molecular weight excluding hydrogens is 198 g/mol. The summed E-state index contributed by atoms with van der Waals surface area (Å²) in [6.45, 7) is 3.74. The number of hydrogen-bond acceptors (Lipinski definition) is 3. The highest BCUT2D eigenvalue weighted by Gasteiger charge is 2.26. The Bertz CT molecular complexity index is 172. The van der Waals surface area contributed by atoms with Crippen molar-refractivity contribution in [3.63, 3.8) is 0 Å². The van der Waals surface area contributed by atoms with Crippen LogP contribution in [0.2, 0.25) is 0 Å². The highest BCUT2D eigenvalue weighted by Crippen LogP contribution is 2.13. The van der Waals surface area contributed by atoms with Crippen molar-refractivity contribution in [2.75, 3.05) is 11.5 Å². The van der Waals surface area contributed by atoms with E-state index in [0.717, 1.165) is 18.6 Å². The fourth-order valence-corrected chi connectivity index (χ4v) is 1.95. The van der Waals surface area contributed by atoms with E-state index in [2.05, 4.69) is 6.92 Å². The summed E-state index contributed by atoms with van der Waals surface area (Å²) in [7, 11) is 0. The van der Waals surface area contributed by atoms with Crippen LogP contribution in [0.4, 0.5) is 0 Å². The Morgan fingerprint density at radius 3 is 2.57 bits per heavy atom. The van der Waals surface area contributed by atoms with E-state index < -0.39 is 11.5 Å². The van der Waals surface area contributed by atoms with Gasteiger partial charge in [0.2, 0.25) is 0 Å². The second-order valence-corrected chi connectivity index (χ2v) is 5.02. The Labute approximate surface area is 90.4 Å². The summed E-state index contributed by atoms with van der Waals surface area (Å²) in [5.41, 5.74) is 4.55. The quantitative estimate of drug-likeness (QED) is 0.614. The smallest absolute Gasteiger partial charge is 0.323 e. The van der Waals surface area contributed by atoms with Gasteiger partial charge in [-0.1, -0.05) is 13.3 Å². The van der Waals surface area contributed by atoms with Crippen molar-refractivity contribution in [1.82, 2.24) is 0 Å². The fourth-order valence-electron chi connectivity index (χ4n) is 1.05. The van der Waals surface area contributed by atoms with Gasteiger partial charge in [-0.25, -0.2) is 0 Å². The lowest BCUT2D eigenvalue weighted by Gasteiger charge is -2.18. The van der Waals surface area contributed by atoms with Gasteiger partial charge in [0.1, 0.15) is 5.54 Å². The highest BCUT2D eigenvalue weighted by molar-refractivity contribution is 7.99. The molecule has 0 saturated carbocycles. The molecular formula is C10H21NO2S. The first kappa shape index (κ1) is 13.8. The molecule has 0 fully saturated rings. The number of aliphatic carboxylic acids is 1. The first-order valence-corrected chi connectivity index (χ1v) is 6.26. The van der Waals surface area contributed by atoms with E-state index in [9.17, 15) is 4.79 Å². The van der Waals surface area contributed by atoms with Crippen molar-refractivity contribution in [2.24, 2.45) is 5.73 Å². The average Bonchev–Trinajstić information content (AvgIpc) is 2.10. The van der Waals surface area contributed by atoms with Crippen LogP contribution in [0.1, 0.15) is 39.5 Å². The summed E-state index contributed by atoms with van der Waals surface area (Å²) >= 11 is 1.92. The van der Waals surface area contributed by atoms with E-state index >= 15 is 0 Å². The maximum atomic E-state index is 10.7. The lowest BCUT2D eigenvalue weighted by atomic mass is 9.97. The van der Waals surface area contributed by atoms with Crippen molar-refractivity contribution in [3.8, 4) is 0 Å². The Morgan fingerprint density at radius 2 is 2.07 bits per heavy atom. The van der Waals surface area contributed by atoms with Crippen molar-refractivity contribution >= 4 is 17.7 Å². The van der Waals surface area contributed by atoms with Gasteiger partial charge in [0.25, 0.3) is 0 Å². The molecule has 84 valence electrons. The number of carbonyl (C=O) groups is 1. The molecule has 0 aromatic carbocycles. The predicted octanol–water partition coefficient (Wildman–Crippen LogP) is 2.10. The first-order valence-electron chi connectivity index (χ1n) is 5.10. The topological polar surface area (TPSA) is 63.3 Å². The second kappa shape index (κ2) is 7.12. The SMILES string of the molecule is CCCSCCCCC(C)(N)C(=O)O. The van der Waals surface area contributed by atoms with E-state index in [1.807, 2.05) is 11.8 Å². The van der Waals surface area contributed by atoms with Crippen LogP contribution < -0.4 is 5.73 Å². The minimum atomic E-state index is -1.05. The lowest BCUT2D eigenvalue weighted by Crippen LogP contribution is -2.44. The zero-order valence-electron chi connectivity index (χ0n) is 9.08. The average molecular weight is 219 g/mol. The van der Waals surface area contributed by atoms with Crippen LogP contribution in [-0.4, -0.2) is 28.1 Å². The second-order valence-electron chi connectivity index (χ2n) is 3.79. The number of hydrogen-bond donors (Lipinski definition) is 2. The van der Waals surface area contributed by atoms with Crippen LogP contribution in [-0.2, 0) is 4.79 Å². The van der Waals surface area contributed by atoms with Crippen LogP contribution in [0.3, 0.4) is 0 Å². The molecule has 3 nitrogen and oxygen atoms in total. The van der Waals surface area contributed by atoms with Crippen molar-refractivity contribution in [1.29, 1.82) is 0 Å². The van der Waals surface area contributed by atoms with E-state index in [4.69, 9.17) is 10.8 Å². The summed E-state index contributed by atoms with van der Waals surface area (Å²) in [5.74, 6) is 1.40. The molecule has 0 aromatic heterocycles. The third kappa shape index (κ3) is 6.27. The molecule has 0 amide bonds. The Balaban J connectivity index is 3.40. The molecule has 0 aliphatic heterocycles. The van der Waals surface area contributed by atoms with Gasteiger partial charge in [-0.15, -0.1) is 0 Å². The third-order valence-corrected chi connectivity index (χ3v) is 3.35. The summed E-state index contributed by atoms with van der Waals surface area (Å²) in [6, 6.07) is 0. The standard InChI is InChI=1S/C10H21NO2S/c1-3-7-14-8-5-4-6-10(2,11)9(12)13/h3-8,11H2,1-2H3,(H,12,13). The largest absolute Gasteiger partial charge is 0.480 e. The minimum Gasteiger partial charge on any atom is -0.480 e. The highest BCUT2D eigenvalue weighted by atomic mass is 32.2. The fraction of sp³-hybridized carbons (Fsp3) is 0.900. The molecule has 0 bridgehead atoms. The molecule has 0 radical (unpaired) electrons. The van der Waals surface area contributed by atoms with Gasteiger partial charge < -0.3 is 10.8 Å². The molecule has 0 spiro atoms. The number of rotatable bonds is 8. The molecule has 0 aliphatic carbocycles. The molecule has 0 aromatic rings. The summed E-state index contributed by atoms with van der Waals surface area (Å²) in [5, 5.41) is 8.75. The van der Waals surface area contributed by atoms with Crippen molar-refractivity contribution in [2.45, 2.75) is 45.1 Å². The maximum absolute atomic E-state index is 10.7. The van der Waals surface area contributed by atoms with Crippen LogP contribution in [0.15, 0.2) is 0 Å². The van der Waals surface area contributed by atoms with Crippen LogP contribution in [0.5, 0.6) is 0 Å². The van der Waals surface area contributed by atoms with E-state index in [1.165, 1.54) is 12.2 Å². The minimum absolute atomic E-state index is 0.565. The first-order chi connectivity index (χ1) is 6.50. The van der Waals surface area contributed by atoms with E-state index in [1.54, 1.807) is 6.92 Å². The number of nitrogens with two attached hydrogens (primary N) is 1. The zero-order chi connectivity index (χ0) is 11.0. The van der Waals surface area contributed by atoms with Gasteiger partial charge in [0.15, 0.2) is 0 Å². The molecule has 0 saturated heterocycles. The molecule has 1 atom stereocenters. The number of carboxylic acid groups (broad SMARTS) is 1. The van der Waals surface area contributed by atoms with Gasteiger partial charge in [0, 0.05) is 0 Å². The summed E-state index contributed by atoms with van der Waals surface area (Å²) in [6.07, 6.45) is 3.73. The van der Waals surface area contributed by atoms with Gasteiger partial charge >= 0.3 is 5.97 Å². The molecule has 14 heavy (non-hydrogen) atoms. The van der Waals surface area contributed by atoms with E-state index in [-0.39, 0.29) is 0 Å². The van der Waals surface area contributed by atoms with Gasteiger partial charge in [-0.3, -0.25) is 4.79 Å². The normalized spacial score (nSPS) is 15.1. The Morgan fingerprint density at radius 1 is 1.43 bits per heavy atom. The molecule has 1 unspecified atom stereocenters. The van der Waals surface area contributed by atoms with Crippen LogP contribution in [0, 0.1) is 0 Å². The van der Waals surface area contributed by atoms with Crippen LogP contribution >= 0.6 is 11.8 Å². The number of carboxylic acids is 1. The maximum Gasteiger partial charge on any atom is 0.323 e. The molecule has 0 heterocycles. The molecule has 4 heteroatoms. The lowest BCUT2D eigenvalue weighted by molar-refractivity contribution is -0.142.